The van der Waals surface area contributed by atoms with Crippen LogP contribution in [0.25, 0.3) is 0 Å². The number of nitrogens with one attached hydrogen (secondary N) is 2. The summed E-state index contributed by atoms with van der Waals surface area (Å²) in [7, 11) is 1.98. The third kappa shape index (κ3) is 6.42. The zero-order valence-electron chi connectivity index (χ0n) is 19.9. The van der Waals surface area contributed by atoms with Crippen LogP contribution in [-0.4, -0.2) is 44.8 Å². The zero-order chi connectivity index (χ0) is 23.0. The number of aryl methyl sites for hydroxylation is 1. The lowest BCUT2D eigenvalue weighted by Crippen LogP contribution is -2.49. The predicted octanol–water partition coefficient (Wildman–Crippen LogP) is 3.58. The molecule has 0 amide bonds. The summed E-state index contributed by atoms with van der Waals surface area (Å²) in [6, 6.07) is 21.7. The van der Waals surface area contributed by atoms with Gasteiger partial charge >= 0.3 is 0 Å². The molecule has 2 heterocycles. The molecule has 3 aromatic rings. The number of nitrogens with zero attached hydrogens (tertiary/aromatic N) is 5. The molecule has 0 saturated carbocycles. The number of hydrogen-bond donors (Lipinski definition) is 2. The molecule has 1 aliphatic heterocycles. The van der Waals surface area contributed by atoms with Crippen molar-refractivity contribution >= 4 is 5.96 Å². The van der Waals surface area contributed by atoms with Gasteiger partial charge in [0.2, 0.25) is 0 Å². The molecule has 4 rings (SSSR count). The Morgan fingerprint density at radius 3 is 2.33 bits per heavy atom. The first kappa shape index (κ1) is 23.0. The minimum Gasteiger partial charge on any atom is -0.354 e. The van der Waals surface area contributed by atoms with Gasteiger partial charge in [0, 0.05) is 32.7 Å². The van der Waals surface area contributed by atoms with Gasteiger partial charge in [0.05, 0.1) is 6.04 Å². The Morgan fingerprint density at radius 2 is 1.70 bits per heavy atom. The molecule has 0 bridgehead atoms. The Balaban J connectivity index is 1.38. The summed E-state index contributed by atoms with van der Waals surface area (Å²) in [6.07, 6.45) is 2.19. The molecule has 2 aromatic carbocycles. The smallest absolute Gasteiger partial charge is 0.192 e. The van der Waals surface area contributed by atoms with Crippen molar-refractivity contribution in [3.8, 4) is 0 Å². The second-order valence-corrected chi connectivity index (χ2v) is 8.84. The van der Waals surface area contributed by atoms with Crippen molar-refractivity contribution in [2.75, 3.05) is 13.1 Å². The van der Waals surface area contributed by atoms with Gasteiger partial charge in [-0.25, -0.2) is 4.99 Å². The summed E-state index contributed by atoms with van der Waals surface area (Å²) in [5.74, 6) is 2.58. The van der Waals surface area contributed by atoms with E-state index in [0.717, 1.165) is 50.1 Å². The van der Waals surface area contributed by atoms with E-state index in [2.05, 4.69) is 87.3 Å². The van der Waals surface area contributed by atoms with Crippen LogP contribution in [0.1, 0.15) is 48.6 Å². The molecule has 1 fully saturated rings. The molecule has 33 heavy (non-hydrogen) atoms. The van der Waals surface area contributed by atoms with E-state index in [4.69, 9.17) is 4.99 Å². The van der Waals surface area contributed by atoms with Crippen molar-refractivity contribution in [1.82, 2.24) is 30.3 Å². The monoisotopic (exact) mass is 445 g/mol. The van der Waals surface area contributed by atoms with Crippen molar-refractivity contribution < 1.29 is 0 Å². The maximum absolute atomic E-state index is 4.87. The Morgan fingerprint density at radius 1 is 1.03 bits per heavy atom. The molecule has 0 spiro atoms. The summed E-state index contributed by atoms with van der Waals surface area (Å²) in [5.41, 5.74) is 2.61. The molecule has 1 aliphatic rings. The summed E-state index contributed by atoms with van der Waals surface area (Å²) < 4.78 is 1.99. The molecule has 1 atom stereocenters. The highest BCUT2D eigenvalue weighted by Crippen LogP contribution is 2.15. The first-order valence-corrected chi connectivity index (χ1v) is 11.8. The van der Waals surface area contributed by atoms with Crippen molar-refractivity contribution in [2.24, 2.45) is 12.0 Å². The average Bonchev–Trinajstić information content (AvgIpc) is 3.17. The Bertz CT molecular complexity index is 1020. The first-order valence-electron chi connectivity index (χ1n) is 11.8. The normalized spacial score (nSPS) is 16.5. The lowest BCUT2D eigenvalue weighted by atomic mass is 10.0. The van der Waals surface area contributed by atoms with Gasteiger partial charge in [0.1, 0.15) is 12.4 Å². The highest BCUT2D eigenvalue weighted by molar-refractivity contribution is 5.80. The Labute approximate surface area is 197 Å². The standard InChI is InChI=1S/C26H35N7/c1-20(23-12-8-5-9-13-23)28-26(27-18-25-31-30-21(2)32(25)3)29-24-14-16-33(17-15-24)19-22-10-6-4-7-11-22/h4-13,20,24H,14-19H2,1-3H3,(H2,27,28,29). The molecular weight excluding hydrogens is 410 g/mol. The van der Waals surface area contributed by atoms with Gasteiger partial charge in [-0.15, -0.1) is 10.2 Å². The fourth-order valence-corrected chi connectivity index (χ4v) is 4.17. The third-order valence-corrected chi connectivity index (χ3v) is 6.39. The SMILES string of the molecule is Cc1nnc(CN=C(NC2CCN(Cc3ccccc3)CC2)NC(C)c2ccccc2)n1C. The molecule has 1 saturated heterocycles. The van der Waals surface area contributed by atoms with E-state index < -0.39 is 0 Å². The molecule has 7 nitrogen and oxygen atoms in total. The van der Waals surface area contributed by atoms with Crippen molar-refractivity contribution in [3.05, 3.63) is 83.4 Å². The molecule has 0 radical (unpaired) electrons. The van der Waals surface area contributed by atoms with Gasteiger partial charge < -0.3 is 15.2 Å². The van der Waals surface area contributed by atoms with Crippen molar-refractivity contribution in [3.63, 3.8) is 0 Å². The van der Waals surface area contributed by atoms with Crippen molar-refractivity contribution in [1.29, 1.82) is 0 Å². The molecule has 7 heteroatoms. The second kappa shape index (κ2) is 11.1. The van der Waals surface area contributed by atoms with Crippen LogP contribution in [-0.2, 0) is 20.1 Å². The number of aromatic nitrogens is 3. The van der Waals surface area contributed by atoms with E-state index in [9.17, 15) is 0 Å². The maximum Gasteiger partial charge on any atom is 0.192 e. The highest BCUT2D eigenvalue weighted by Gasteiger charge is 2.21. The van der Waals surface area contributed by atoms with E-state index >= 15 is 0 Å². The number of aliphatic imine (C=N–C) groups is 1. The first-order chi connectivity index (χ1) is 16.1. The number of hydrogen-bond acceptors (Lipinski definition) is 4. The molecular formula is C26H35N7. The zero-order valence-corrected chi connectivity index (χ0v) is 19.9. The number of rotatable bonds is 7. The van der Waals surface area contributed by atoms with Crippen LogP contribution in [0.2, 0.25) is 0 Å². The van der Waals surface area contributed by atoms with E-state index in [1.165, 1.54) is 11.1 Å². The fourth-order valence-electron chi connectivity index (χ4n) is 4.17. The third-order valence-electron chi connectivity index (χ3n) is 6.39. The van der Waals surface area contributed by atoms with Crippen molar-refractivity contribution in [2.45, 2.75) is 51.9 Å². The largest absolute Gasteiger partial charge is 0.354 e. The maximum atomic E-state index is 4.87. The average molecular weight is 446 g/mol. The van der Waals surface area contributed by atoms with Crippen LogP contribution in [0.3, 0.4) is 0 Å². The van der Waals surface area contributed by atoms with Gasteiger partial charge in [-0.1, -0.05) is 60.7 Å². The predicted molar refractivity (Wildman–Crippen MR) is 133 cm³/mol. The Kier molecular flexibility index (Phi) is 7.73. The fraction of sp³-hybridized carbons (Fsp3) is 0.423. The summed E-state index contributed by atoms with van der Waals surface area (Å²) >= 11 is 0. The topological polar surface area (TPSA) is 70.4 Å². The van der Waals surface area contributed by atoms with Crippen LogP contribution in [0.4, 0.5) is 0 Å². The molecule has 174 valence electrons. The molecule has 1 unspecified atom stereocenters. The van der Waals surface area contributed by atoms with Gasteiger partial charge in [0.25, 0.3) is 0 Å². The van der Waals surface area contributed by atoms with Gasteiger partial charge in [-0.3, -0.25) is 4.90 Å². The molecule has 1 aromatic heterocycles. The van der Waals surface area contributed by atoms with E-state index in [0.29, 0.717) is 12.6 Å². The number of benzene rings is 2. The van der Waals surface area contributed by atoms with Gasteiger partial charge in [0.15, 0.2) is 11.8 Å². The van der Waals surface area contributed by atoms with E-state index in [1.807, 2.05) is 24.6 Å². The van der Waals surface area contributed by atoms with Crippen LogP contribution < -0.4 is 10.6 Å². The quantitative estimate of drug-likeness (QED) is 0.430. The number of piperidine rings is 1. The Hall–Kier alpha value is -3.19. The van der Waals surface area contributed by atoms with Gasteiger partial charge in [-0.05, 0) is 37.8 Å². The van der Waals surface area contributed by atoms with E-state index in [1.54, 1.807) is 0 Å². The summed E-state index contributed by atoms with van der Waals surface area (Å²) in [4.78, 5) is 7.41. The van der Waals surface area contributed by atoms with Crippen LogP contribution >= 0.6 is 0 Å². The highest BCUT2D eigenvalue weighted by atomic mass is 15.3. The minimum absolute atomic E-state index is 0.150. The minimum atomic E-state index is 0.150. The van der Waals surface area contributed by atoms with Gasteiger partial charge in [-0.2, -0.15) is 0 Å². The number of guanidine groups is 1. The molecule has 0 aliphatic carbocycles. The van der Waals surface area contributed by atoms with Crippen LogP contribution in [0.5, 0.6) is 0 Å². The summed E-state index contributed by atoms with van der Waals surface area (Å²) in [6.45, 7) is 7.79. The van der Waals surface area contributed by atoms with Crippen LogP contribution in [0, 0.1) is 6.92 Å². The van der Waals surface area contributed by atoms with Crippen LogP contribution in [0.15, 0.2) is 65.7 Å². The van der Waals surface area contributed by atoms with E-state index in [-0.39, 0.29) is 6.04 Å². The lowest BCUT2D eigenvalue weighted by Gasteiger charge is -2.33. The number of likely N-dealkylation sites (tertiary alicyclic amines) is 1. The molecule has 2 N–H and O–H groups in total. The summed E-state index contributed by atoms with van der Waals surface area (Å²) in [5, 5.41) is 15.7. The second-order valence-electron chi connectivity index (χ2n) is 8.84. The lowest BCUT2D eigenvalue weighted by molar-refractivity contribution is 0.198.